The number of hydroxylamine groups is 6. The Labute approximate surface area is 290 Å². The van der Waals surface area contributed by atoms with E-state index in [0.29, 0.717) is 61.6 Å². The number of aldehydes is 1. The zero-order valence-electron chi connectivity index (χ0n) is 31.0. The van der Waals surface area contributed by atoms with Gasteiger partial charge in [0.05, 0.1) is 0 Å². The molecule has 48 heavy (non-hydrogen) atoms. The van der Waals surface area contributed by atoms with E-state index in [4.69, 9.17) is 5.21 Å². The normalized spacial score (nSPS) is 10.4. The summed E-state index contributed by atoms with van der Waals surface area (Å²) in [5.41, 5.74) is 0. The van der Waals surface area contributed by atoms with E-state index in [0.717, 1.165) is 25.9 Å². The summed E-state index contributed by atoms with van der Waals surface area (Å²) in [6.07, 6.45) is 14.0. The quantitative estimate of drug-likeness (QED) is 0.0359. The van der Waals surface area contributed by atoms with Crippen LogP contribution in [0.5, 0.6) is 0 Å². The van der Waals surface area contributed by atoms with E-state index in [9.17, 15) is 34.4 Å². The molecule has 0 heterocycles. The van der Waals surface area contributed by atoms with Crippen molar-refractivity contribution in [3.05, 3.63) is 0 Å². The van der Waals surface area contributed by atoms with Crippen molar-refractivity contribution in [3.63, 3.8) is 0 Å². The summed E-state index contributed by atoms with van der Waals surface area (Å²) in [5, 5.41) is 35.6. The molecule has 0 aromatic rings. The molecule has 0 aliphatic rings. The van der Waals surface area contributed by atoms with Crippen LogP contribution in [0.25, 0.3) is 0 Å². The summed E-state index contributed by atoms with van der Waals surface area (Å²) in [7, 11) is 5.85. The van der Waals surface area contributed by atoms with E-state index in [1.54, 1.807) is 7.05 Å². The monoisotopic (exact) mass is 691 g/mol. The zero-order chi connectivity index (χ0) is 37.0. The van der Waals surface area contributed by atoms with Crippen LogP contribution < -0.4 is 10.6 Å². The highest BCUT2D eigenvalue weighted by molar-refractivity contribution is 5.83. The summed E-state index contributed by atoms with van der Waals surface area (Å²) in [5.74, 6) is -1.38. The molecular weight excluding hydrogens is 620 g/mol. The van der Waals surface area contributed by atoms with Crippen molar-refractivity contribution in [1.82, 2.24) is 30.7 Å². The van der Waals surface area contributed by atoms with E-state index >= 15 is 0 Å². The first-order chi connectivity index (χ1) is 22.8. The summed E-state index contributed by atoms with van der Waals surface area (Å²) >= 11 is 0. The minimum absolute atomic E-state index is 0.0164. The summed E-state index contributed by atoms with van der Waals surface area (Å²) in [6, 6.07) is 0. The van der Waals surface area contributed by atoms with Crippen molar-refractivity contribution < 1.29 is 39.6 Å². The van der Waals surface area contributed by atoms with Crippen LogP contribution in [0.4, 0.5) is 0 Å². The van der Waals surface area contributed by atoms with E-state index < -0.39 is 11.8 Å². The second kappa shape index (κ2) is 37.2. The SMILES string of the molecule is CC(=O)N(O)CCCCCNC(=O)CCC(=O)N(O)CCCCCNC(=O)CCC=O.CCCCCC.CN(C)CCCCCN(C)O. The first-order valence-corrected chi connectivity index (χ1v) is 17.8. The van der Waals surface area contributed by atoms with Crippen LogP contribution in [0.15, 0.2) is 0 Å². The Hall–Kier alpha value is -2.65. The van der Waals surface area contributed by atoms with Gasteiger partial charge in [-0.1, -0.05) is 46.0 Å². The Balaban J connectivity index is -0.000000969. The van der Waals surface area contributed by atoms with Gasteiger partial charge in [-0.2, -0.15) is 5.06 Å². The van der Waals surface area contributed by atoms with Crippen LogP contribution in [-0.4, -0.2) is 126 Å². The molecule has 4 amide bonds. The summed E-state index contributed by atoms with van der Waals surface area (Å²) in [4.78, 5) is 58.1. The molecule has 0 radical (unpaired) electrons. The van der Waals surface area contributed by atoms with Crippen LogP contribution >= 0.6 is 0 Å². The Bertz CT molecular complexity index is 788. The molecule has 5 N–H and O–H groups in total. The van der Waals surface area contributed by atoms with Gasteiger partial charge in [0.15, 0.2) is 0 Å². The molecule has 0 aliphatic heterocycles. The number of hydrogen-bond acceptors (Lipinski definition) is 10. The molecule has 0 rings (SSSR count). The van der Waals surface area contributed by atoms with Gasteiger partial charge in [0.1, 0.15) is 6.29 Å². The molecule has 0 aromatic heterocycles. The van der Waals surface area contributed by atoms with Crippen molar-refractivity contribution in [2.24, 2.45) is 0 Å². The average molecular weight is 691 g/mol. The maximum absolute atomic E-state index is 11.8. The van der Waals surface area contributed by atoms with Crippen LogP contribution in [0.1, 0.15) is 130 Å². The molecule has 0 bridgehead atoms. The van der Waals surface area contributed by atoms with E-state index in [2.05, 4.69) is 43.5 Å². The highest BCUT2D eigenvalue weighted by Gasteiger charge is 2.13. The van der Waals surface area contributed by atoms with Gasteiger partial charge in [-0.25, -0.2) is 10.1 Å². The second-order valence-corrected chi connectivity index (χ2v) is 12.1. The van der Waals surface area contributed by atoms with Crippen molar-refractivity contribution in [1.29, 1.82) is 0 Å². The number of nitrogens with one attached hydrogen (secondary N) is 2. The predicted molar refractivity (Wildman–Crippen MR) is 188 cm³/mol. The number of amides is 4. The molecule has 14 nitrogen and oxygen atoms in total. The Morgan fingerprint density at radius 3 is 1.50 bits per heavy atom. The minimum Gasteiger partial charge on any atom is -0.356 e. The Kier molecular flexibility index (Phi) is 38.5. The lowest BCUT2D eigenvalue weighted by atomic mass is 10.2. The summed E-state index contributed by atoms with van der Waals surface area (Å²) < 4.78 is 0. The first kappa shape index (κ1) is 49.7. The lowest BCUT2D eigenvalue weighted by Crippen LogP contribution is -2.31. The number of nitrogens with zero attached hydrogens (tertiary/aromatic N) is 4. The van der Waals surface area contributed by atoms with Crippen molar-refractivity contribution in [3.8, 4) is 0 Å². The van der Waals surface area contributed by atoms with Gasteiger partial charge in [-0.3, -0.25) is 29.6 Å². The highest BCUT2D eigenvalue weighted by Crippen LogP contribution is 2.02. The Morgan fingerprint density at radius 1 is 0.583 bits per heavy atom. The fourth-order valence-corrected chi connectivity index (χ4v) is 4.03. The van der Waals surface area contributed by atoms with Gasteiger partial charge in [0, 0.05) is 72.4 Å². The molecule has 0 saturated heterocycles. The van der Waals surface area contributed by atoms with Gasteiger partial charge in [0.25, 0.3) is 0 Å². The third-order valence-corrected chi connectivity index (χ3v) is 6.99. The van der Waals surface area contributed by atoms with Crippen LogP contribution in [0, 0.1) is 0 Å². The van der Waals surface area contributed by atoms with Gasteiger partial charge in [0.2, 0.25) is 23.6 Å². The fraction of sp³-hybridized carbons (Fsp3) is 0.853. The van der Waals surface area contributed by atoms with Gasteiger partial charge >= 0.3 is 0 Å². The van der Waals surface area contributed by atoms with E-state index in [1.165, 1.54) is 50.5 Å². The molecule has 0 atom stereocenters. The highest BCUT2D eigenvalue weighted by atomic mass is 16.5. The molecule has 0 spiro atoms. The number of hydrogen-bond donors (Lipinski definition) is 5. The number of carbonyl (C=O) groups excluding carboxylic acids is 5. The minimum atomic E-state index is -0.524. The lowest BCUT2D eigenvalue weighted by Gasteiger charge is -2.15. The number of carbonyl (C=O) groups is 5. The average Bonchev–Trinajstić information content (AvgIpc) is 3.04. The molecule has 0 saturated carbocycles. The molecular formula is C34H70N6O8. The largest absolute Gasteiger partial charge is 0.356 e. The third kappa shape index (κ3) is 41.4. The number of unbranched alkanes of at least 4 members (excludes halogenated alkanes) is 9. The standard InChI is InChI=1S/C20H36N4O7.C8H20N2O.C6H14/c1-17(26)23(30)14-6-2-4-13-22-19(28)10-11-20(29)24(31)15-7-3-5-12-21-18(27)9-8-16-25;1-9(2)7-5-4-6-8-10(3)11;1-3-5-6-4-2/h16,30-31H,2-15H2,1H3,(H,21,27)(H,22,28);11H,4-8H2,1-3H3;3-6H2,1-2H3. The van der Waals surface area contributed by atoms with Gasteiger partial charge in [-0.05, 0) is 72.0 Å². The van der Waals surface area contributed by atoms with Crippen molar-refractivity contribution >= 4 is 29.9 Å². The smallest absolute Gasteiger partial charge is 0.246 e. The molecule has 0 aromatic carbocycles. The van der Waals surface area contributed by atoms with Gasteiger partial charge in [-0.15, -0.1) is 0 Å². The van der Waals surface area contributed by atoms with Crippen LogP contribution in [-0.2, 0) is 24.0 Å². The van der Waals surface area contributed by atoms with Crippen molar-refractivity contribution in [2.45, 2.75) is 130 Å². The topological polar surface area (TPSA) is 183 Å². The zero-order valence-corrected chi connectivity index (χ0v) is 31.0. The van der Waals surface area contributed by atoms with Crippen LogP contribution in [0.3, 0.4) is 0 Å². The molecule has 0 fully saturated rings. The maximum atomic E-state index is 11.8. The van der Waals surface area contributed by atoms with E-state index in [1.807, 2.05) is 0 Å². The van der Waals surface area contributed by atoms with E-state index in [-0.39, 0.29) is 50.6 Å². The molecule has 14 heteroatoms. The third-order valence-electron chi connectivity index (χ3n) is 6.99. The van der Waals surface area contributed by atoms with Crippen molar-refractivity contribution in [2.75, 3.05) is 60.4 Å². The lowest BCUT2D eigenvalue weighted by molar-refractivity contribution is -0.166. The van der Waals surface area contributed by atoms with Gasteiger partial charge < -0.3 is 25.5 Å². The fourth-order valence-electron chi connectivity index (χ4n) is 4.03. The molecule has 0 aliphatic carbocycles. The number of rotatable bonds is 27. The summed E-state index contributed by atoms with van der Waals surface area (Å²) in [6.45, 7) is 8.99. The molecule has 284 valence electrons. The first-order valence-electron chi connectivity index (χ1n) is 17.8. The maximum Gasteiger partial charge on any atom is 0.246 e. The predicted octanol–water partition coefficient (Wildman–Crippen LogP) is 4.40. The van der Waals surface area contributed by atoms with Crippen LogP contribution in [0.2, 0.25) is 0 Å². The Morgan fingerprint density at radius 2 is 1.04 bits per heavy atom. The molecule has 0 unspecified atom stereocenters. The second-order valence-electron chi connectivity index (χ2n) is 12.1.